The number of piperidine rings is 1. The summed E-state index contributed by atoms with van der Waals surface area (Å²) in [6.45, 7) is 0. The van der Waals surface area contributed by atoms with Gasteiger partial charge in [0.15, 0.2) is 6.29 Å². The molecule has 1 unspecified atom stereocenters. The number of para-hydroxylation sites is 1. The van der Waals surface area contributed by atoms with Crippen molar-refractivity contribution in [1.29, 1.82) is 0 Å². The molecule has 0 bridgehead atoms. The Morgan fingerprint density at radius 3 is 2.89 bits per heavy atom. The van der Waals surface area contributed by atoms with Crippen LogP contribution in [0.5, 0.6) is 0 Å². The number of fused-ring (bicyclic) bond motifs is 1. The topological polar surface area (TPSA) is 91.9 Å². The van der Waals surface area contributed by atoms with Crippen LogP contribution in [0.2, 0.25) is 0 Å². The number of amides is 2. The van der Waals surface area contributed by atoms with E-state index in [0.717, 1.165) is 5.56 Å². The van der Waals surface area contributed by atoms with Crippen molar-refractivity contribution in [2.75, 3.05) is 0 Å². The molecule has 2 aromatic rings. The zero-order valence-corrected chi connectivity index (χ0v) is 9.97. The van der Waals surface area contributed by atoms with Gasteiger partial charge in [-0.15, -0.1) is 0 Å². The molecule has 1 aromatic carbocycles. The third-order valence-electron chi connectivity index (χ3n) is 3.38. The molecule has 0 saturated carbocycles. The molecule has 2 amide bonds. The number of imide groups is 1. The van der Waals surface area contributed by atoms with Crippen LogP contribution < -0.4 is 5.32 Å². The fourth-order valence-electron chi connectivity index (χ4n) is 2.44. The third kappa shape index (κ3) is 1.81. The second-order valence-corrected chi connectivity index (χ2v) is 4.50. The van der Waals surface area contributed by atoms with Gasteiger partial charge in [-0.3, -0.25) is 24.8 Å². The van der Waals surface area contributed by atoms with Gasteiger partial charge in [0.05, 0.1) is 11.4 Å². The molecule has 1 saturated heterocycles. The largest absolute Gasteiger partial charge is 0.296 e. The van der Waals surface area contributed by atoms with Crippen LogP contribution in [0.3, 0.4) is 0 Å². The highest BCUT2D eigenvalue weighted by molar-refractivity contribution is 6.04. The lowest BCUT2D eigenvalue weighted by Crippen LogP contribution is -2.39. The molecule has 0 aliphatic carbocycles. The first-order valence-corrected chi connectivity index (χ1v) is 5.96. The number of aromatic nitrogens is 2. The Balaban J connectivity index is 2.10. The third-order valence-corrected chi connectivity index (χ3v) is 3.38. The lowest BCUT2D eigenvalue weighted by Gasteiger charge is -2.21. The van der Waals surface area contributed by atoms with E-state index in [-0.39, 0.29) is 11.8 Å². The highest BCUT2D eigenvalue weighted by Gasteiger charge is 2.29. The van der Waals surface area contributed by atoms with Crippen molar-refractivity contribution in [3.63, 3.8) is 0 Å². The van der Waals surface area contributed by atoms with E-state index in [2.05, 4.69) is 15.5 Å². The van der Waals surface area contributed by atoms with Crippen molar-refractivity contribution < 1.29 is 14.4 Å². The smallest absolute Gasteiger partial charge is 0.234 e. The monoisotopic (exact) mass is 257 g/mol. The van der Waals surface area contributed by atoms with E-state index in [1.165, 1.54) is 0 Å². The maximum atomic E-state index is 11.9. The van der Waals surface area contributed by atoms with Crippen LogP contribution in [0.4, 0.5) is 0 Å². The molecule has 3 rings (SSSR count). The first-order chi connectivity index (χ1) is 9.20. The molecular formula is C13H11N3O3. The van der Waals surface area contributed by atoms with Crippen molar-refractivity contribution in [3.8, 4) is 0 Å². The van der Waals surface area contributed by atoms with Gasteiger partial charge < -0.3 is 0 Å². The summed E-state index contributed by atoms with van der Waals surface area (Å²) < 4.78 is 0. The van der Waals surface area contributed by atoms with Gasteiger partial charge >= 0.3 is 0 Å². The quantitative estimate of drug-likeness (QED) is 0.617. The molecule has 1 aliphatic heterocycles. The first-order valence-electron chi connectivity index (χ1n) is 5.96. The average molecular weight is 257 g/mol. The molecule has 2 heterocycles. The SMILES string of the molecule is O=Cc1[nH]nc2c(C3CCC(=O)NC3=O)cccc12. The number of rotatable bonds is 2. The zero-order chi connectivity index (χ0) is 13.4. The highest BCUT2D eigenvalue weighted by atomic mass is 16.2. The van der Waals surface area contributed by atoms with Gasteiger partial charge in [-0.2, -0.15) is 5.10 Å². The number of hydrogen-bond donors (Lipinski definition) is 2. The summed E-state index contributed by atoms with van der Waals surface area (Å²) in [6.07, 6.45) is 1.48. The molecule has 19 heavy (non-hydrogen) atoms. The molecular weight excluding hydrogens is 246 g/mol. The number of carbonyl (C=O) groups is 3. The van der Waals surface area contributed by atoms with E-state index in [0.29, 0.717) is 35.7 Å². The maximum absolute atomic E-state index is 11.9. The number of hydrogen-bond acceptors (Lipinski definition) is 4. The summed E-state index contributed by atoms with van der Waals surface area (Å²) in [5.74, 6) is -0.951. The van der Waals surface area contributed by atoms with Crippen LogP contribution in [-0.4, -0.2) is 28.3 Å². The predicted molar refractivity (Wildman–Crippen MR) is 66.6 cm³/mol. The minimum Gasteiger partial charge on any atom is -0.296 e. The Bertz CT molecular complexity index is 689. The van der Waals surface area contributed by atoms with Crippen molar-refractivity contribution in [1.82, 2.24) is 15.5 Å². The van der Waals surface area contributed by atoms with Crippen LogP contribution in [0, 0.1) is 0 Å². The van der Waals surface area contributed by atoms with E-state index in [1.807, 2.05) is 0 Å². The number of aromatic amines is 1. The average Bonchev–Trinajstić information content (AvgIpc) is 2.82. The number of benzene rings is 1. The highest BCUT2D eigenvalue weighted by Crippen LogP contribution is 2.30. The molecule has 2 N–H and O–H groups in total. The van der Waals surface area contributed by atoms with E-state index in [9.17, 15) is 14.4 Å². The number of H-pyrrole nitrogens is 1. The van der Waals surface area contributed by atoms with E-state index >= 15 is 0 Å². The Morgan fingerprint density at radius 2 is 2.16 bits per heavy atom. The zero-order valence-electron chi connectivity index (χ0n) is 9.97. The standard InChI is InChI=1S/C13H11N3O3/c17-6-10-9-3-1-2-7(12(9)16-15-10)8-4-5-11(18)14-13(8)19/h1-3,6,8H,4-5H2,(H,15,16)(H,14,18,19). The predicted octanol–water partition coefficient (Wildman–Crippen LogP) is 0.896. The van der Waals surface area contributed by atoms with Crippen LogP contribution >= 0.6 is 0 Å². The van der Waals surface area contributed by atoms with Gasteiger partial charge in [0.2, 0.25) is 11.8 Å². The van der Waals surface area contributed by atoms with Crippen molar-refractivity contribution >= 4 is 29.0 Å². The molecule has 0 spiro atoms. The number of aldehydes is 1. The summed E-state index contributed by atoms with van der Waals surface area (Å²) in [5.41, 5.74) is 1.75. The second-order valence-electron chi connectivity index (χ2n) is 4.50. The van der Waals surface area contributed by atoms with Crippen molar-refractivity contribution in [2.24, 2.45) is 0 Å². The Morgan fingerprint density at radius 1 is 1.32 bits per heavy atom. The molecule has 6 heteroatoms. The van der Waals surface area contributed by atoms with Gasteiger partial charge in [0.1, 0.15) is 5.69 Å². The number of nitrogens with one attached hydrogen (secondary N) is 2. The fraction of sp³-hybridized carbons (Fsp3) is 0.231. The maximum Gasteiger partial charge on any atom is 0.234 e. The Labute approximate surface area is 108 Å². The lowest BCUT2D eigenvalue weighted by atomic mass is 9.89. The van der Waals surface area contributed by atoms with Gasteiger partial charge in [-0.05, 0) is 12.0 Å². The molecule has 1 aliphatic rings. The van der Waals surface area contributed by atoms with Crippen LogP contribution in [0.1, 0.15) is 34.8 Å². The normalized spacial score (nSPS) is 19.5. The first kappa shape index (κ1) is 11.6. The number of nitrogens with zero attached hydrogens (tertiary/aromatic N) is 1. The molecule has 1 atom stereocenters. The Kier molecular flexibility index (Phi) is 2.63. The van der Waals surface area contributed by atoms with Crippen LogP contribution in [-0.2, 0) is 9.59 Å². The minimum absolute atomic E-state index is 0.246. The molecule has 0 radical (unpaired) electrons. The van der Waals surface area contributed by atoms with E-state index in [1.54, 1.807) is 18.2 Å². The summed E-state index contributed by atoms with van der Waals surface area (Å²) >= 11 is 0. The van der Waals surface area contributed by atoms with Crippen LogP contribution in [0.25, 0.3) is 10.9 Å². The van der Waals surface area contributed by atoms with Crippen molar-refractivity contribution in [2.45, 2.75) is 18.8 Å². The van der Waals surface area contributed by atoms with Crippen LogP contribution in [0.15, 0.2) is 18.2 Å². The second kappa shape index (κ2) is 4.31. The van der Waals surface area contributed by atoms with Crippen molar-refractivity contribution in [3.05, 3.63) is 29.5 Å². The summed E-state index contributed by atoms with van der Waals surface area (Å²) in [6, 6.07) is 5.36. The summed E-state index contributed by atoms with van der Waals surface area (Å²) in [7, 11) is 0. The van der Waals surface area contributed by atoms with Gasteiger partial charge in [-0.25, -0.2) is 0 Å². The molecule has 1 fully saturated rings. The summed E-state index contributed by atoms with van der Waals surface area (Å²) in [4.78, 5) is 33.9. The van der Waals surface area contributed by atoms with Gasteiger partial charge in [0.25, 0.3) is 0 Å². The van der Waals surface area contributed by atoms with E-state index in [4.69, 9.17) is 0 Å². The number of carbonyl (C=O) groups excluding carboxylic acids is 3. The summed E-state index contributed by atoms with van der Waals surface area (Å²) in [5, 5.41) is 9.77. The van der Waals surface area contributed by atoms with Gasteiger partial charge in [0, 0.05) is 11.8 Å². The molecule has 96 valence electrons. The van der Waals surface area contributed by atoms with E-state index < -0.39 is 5.92 Å². The lowest BCUT2D eigenvalue weighted by molar-refractivity contribution is -0.134. The Hall–Kier alpha value is -2.50. The molecule has 1 aromatic heterocycles. The minimum atomic E-state index is -0.399. The fourth-order valence-corrected chi connectivity index (χ4v) is 2.44. The molecule has 6 nitrogen and oxygen atoms in total. The van der Waals surface area contributed by atoms with Gasteiger partial charge in [-0.1, -0.05) is 18.2 Å².